The van der Waals surface area contributed by atoms with E-state index < -0.39 is 0 Å². The number of carbonyl (C=O) groups is 1. The van der Waals surface area contributed by atoms with E-state index in [1.54, 1.807) is 0 Å². The van der Waals surface area contributed by atoms with E-state index in [0.29, 0.717) is 6.61 Å². The molecule has 0 aromatic rings. The Morgan fingerprint density at radius 1 is 1.50 bits per heavy atom. The summed E-state index contributed by atoms with van der Waals surface area (Å²) < 4.78 is 5.91. The first-order chi connectivity index (χ1) is 6.41. The van der Waals surface area contributed by atoms with Gasteiger partial charge in [0.25, 0.3) is 0 Å². The van der Waals surface area contributed by atoms with Crippen LogP contribution in [-0.4, -0.2) is 12.6 Å². The van der Waals surface area contributed by atoms with Gasteiger partial charge in [-0.15, -0.1) is 0 Å². The van der Waals surface area contributed by atoms with Gasteiger partial charge in [-0.3, -0.25) is 4.79 Å². The molecule has 0 amide bonds. The minimum absolute atomic E-state index is 0.00699. The monoisotopic (exact) mass is 324 g/mol. The highest BCUT2D eigenvalue weighted by atomic mass is 79.9. The zero-order valence-electron chi connectivity index (χ0n) is 8.51. The standard InChI is InChI=1S/C10H14Br2O2/c1-4-14-9(13)8-6(5-7(11)12)10(8,2)3/h5-6,8H,4H2,1-3H3/t6-,8-/m0/s1. The van der Waals surface area contributed by atoms with E-state index in [1.165, 1.54) is 0 Å². The third-order valence-corrected chi connectivity index (χ3v) is 3.29. The molecule has 2 atom stereocenters. The average Bonchev–Trinajstić information content (AvgIpc) is 2.52. The molecule has 0 aromatic heterocycles. The van der Waals surface area contributed by atoms with Crippen molar-refractivity contribution in [3.05, 3.63) is 9.47 Å². The van der Waals surface area contributed by atoms with Crippen LogP contribution in [0.25, 0.3) is 0 Å². The molecule has 0 bridgehead atoms. The number of hydrogen-bond acceptors (Lipinski definition) is 2. The molecule has 0 aliphatic heterocycles. The number of rotatable bonds is 3. The summed E-state index contributed by atoms with van der Waals surface area (Å²) in [5, 5.41) is 0. The lowest BCUT2D eigenvalue weighted by Gasteiger charge is -2.01. The minimum atomic E-state index is -0.0833. The molecule has 0 unspecified atom stereocenters. The zero-order chi connectivity index (χ0) is 10.9. The number of allylic oxidation sites excluding steroid dienone is 1. The molecule has 1 fully saturated rings. The first kappa shape index (κ1) is 12.2. The van der Waals surface area contributed by atoms with Crippen molar-refractivity contribution < 1.29 is 9.53 Å². The third-order valence-electron chi connectivity index (χ3n) is 2.76. The van der Waals surface area contributed by atoms with E-state index >= 15 is 0 Å². The molecule has 1 aliphatic carbocycles. The van der Waals surface area contributed by atoms with Crippen LogP contribution < -0.4 is 0 Å². The average molecular weight is 326 g/mol. The van der Waals surface area contributed by atoms with Gasteiger partial charge in [0.05, 0.1) is 15.9 Å². The number of hydrogen-bond donors (Lipinski definition) is 0. The van der Waals surface area contributed by atoms with E-state index in [0.717, 1.165) is 3.39 Å². The van der Waals surface area contributed by atoms with Crippen molar-refractivity contribution in [2.24, 2.45) is 17.3 Å². The Balaban J connectivity index is 2.66. The summed E-state index contributed by atoms with van der Waals surface area (Å²) in [7, 11) is 0. The number of esters is 1. The number of ether oxygens (including phenoxy) is 1. The summed E-state index contributed by atoms with van der Waals surface area (Å²) >= 11 is 6.62. The predicted molar refractivity (Wildman–Crippen MR) is 63.3 cm³/mol. The summed E-state index contributed by atoms with van der Waals surface area (Å²) in [4.78, 5) is 11.5. The molecule has 14 heavy (non-hydrogen) atoms. The molecule has 0 heterocycles. The number of carbonyl (C=O) groups excluding carboxylic acids is 1. The van der Waals surface area contributed by atoms with Crippen LogP contribution in [0.2, 0.25) is 0 Å². The summed E-state index contributed by atoms with van der Waals surface area (Å²) in [6, 6.07) is 0. The summed E-state index contributed by atoms with van der Waals surface area (Å²) in [5.74, 6) is 0.197. The van der Waals surface area contributed by atoms with Crippen molar-refractivity contribution in [1.82, 2.24) is 0 Å². The second-order valence-electron chi connectivity index (χ2n) is 4.03. The van der Waals surface area contributed by atoms with E-state index in [1.807, 2.05) is 13.0 Å². The molecular formula is C10H14Br2O2. The summed E-state index contributed by atoms with van der Waals surface area (Å²) in [6.07, 6.45) is 2.02. The molecule has 0 saturated heterocycles. The molecule has 1 saturated carbocycles. The Labute approximate surface area is 101 Å². The molecular weight excluding hydrogens is 312 g/mol. The molecule has 4 heteroatoms. The van der Waals surface area contributed by atoms with Gasteiger partial charge in [-0.05, 0) is 50.1 Å². The molecule has 0 aromatic carbocycles. The molecule has 0 N–H and O–H groups in total. The SMILES string of the molecule is CCOC(=O)[C@@H]1[C@H](C=C(Br)Br)C1(C)C. The van der Waals surface area contributed by atoms with Crippen molar-refractivity contribution >= 4 is 37.8 Å². The van der Waals surface area contributed by atoms with Crippen molar-refractivity contribution in [1.29, 1.82) is 0 Å². The predicted octanol–water partition coefficient (Wildman–Crippen LogP) is 3.45. The first-order valence-electron chi connectivity index (χ1n) is 4.60. The van der Waals surface area contributed by atoms with Gasteiger partial charge < -0.3 is 4.74 Å². The van der Waals surface area contributed by atoms with Gasteiger partial charge in [0.1, 0.15) is 0 Å². The Hall–Kier alpha value is 0.170. The van der Waals surface area contributed by atoms with Crippen LogP contribution in [0.1, 0.15) is 20.8 Å². The highest BCUT2D eigenvalue weighted by molar-refractivity contribution is 9.28. The van der Waals surface area contributed by atoms with Gasteiger partial charge >= 0.3 is 5.97 Å². The maximum Gasteiger partial charge on any atom is 0.310 e. The maximum absolute atomic E-state index is 11.5. The summed E-state index contributed by atoms with van der Waals surface area (Å²) in [6.45, 7) is 6.45. The fourth-order valence-electron chi connectivity index (χ4n) is 1.81. The van der Waals surface area contributed by atoms with E-state index in [2.05, 4.69) is 45.7 Å². The lowest BCUT2D eigenvalue weighted by Crippen LogP contribution is -2.10. The van der Waals surface area contributed by atoms with Crippen LogP contribution in [0, 0.1) is 17.3 Å². The van der Waals surface area contributed by atoms with Crippen LogP contribution in [-0.2, 0) is 9.53 Å². The van der Waals surface area contributed by atoms with Crippen LogP contribution in [0.5, 0.6) is 0 Å². The zero-order valence-corrected chi connectivity index (χ0v) is 11.7. The van der Waals surface area contributed by atoms with E-state index in [9.17, 15) is 4.79 Å². The minimum Gasteiger partial charge on any atom is -0.466 e. The van der Waals surface area contributed by atoms with E-state index in [-0.39, 0.29) is 23.2 Å². The van der Waals surface area contributed by atoms with Crippen LogP contribution in [0.3, 0.4) is 0 Å². The van der Waals surface area contributed by atoms with Crippen molar-refractivity contribution in [2.45, 2.75) is 20.8 Å². The van der Waals surface area contributed by atoms with Gasteiger partial charge in [0, 0.05) is 0 Å². The molecule has 2 nitrogen and oxygen atoms in total. The molecule has 0 spiro atoms. The highest BCUT2D eigenvalue weighted by Gasteiger charge is 2.61. The lowest BCUT2D eigenvalue weighted by molar-refractivity contribution is -0.145. The largest absolute Gasteiger partial charge is 0.466 e. The quantitative estimate of drug-likeness (QED) is 0.743. The van der Waals surface area contributed by atoms with Crippen molar-refractivity contribution in [2.75, 3.05) is 6.61 Å². The topological polar surface area (TPSA) is 26.3 Å². The molecule has 1 aliphatic rings. The first-order valence-corrected chi connectivity index (χ1v) is 6.19. The fourth-order valence-corrected chi connectivity index (χ4v) is 2.38. The Morgan fingerprint density at radius 2 is 2.07 bits per heavy atom. The normalized spacial score (nSPS) is 28.1. The van der Waals surface area contributed by atoms with Gasteiger partial charge in [-0.2, -0.15) is 0 Å². The van der Waals surface area contributed by atoms with Crippen LogP contribution in [0.4, 0.5) is 0 Å². The van der Waals surface area contributed by atoms with Gasteiger partial charge in [0.15, 0.2) is 0 Å². The van der Waals surface area contributed by atoms with Crippen LogP contribution >= 0.6 is 31.9 Å². The Morgan fingerprint density at radius 3 is 2.50 bits per heavy atom. The van der Waals surface area contributed by atoms with E-state index in [4.69, 9.17) is 4.74 Å². The molecule has 0 radical (unpaired) electrons. The second-order valence-corrected chi connectivity index (χ2v) is 6.81. The van der Waals surface area contributed by atoms with Gasteiger partial charge in [0.2, 0.25) is 0 Å². The second kappa shape index (κ2) is 4.35. The number of halogens is 2. The lowest BCUT2D eigenvalue weighted by atomic mass is 10.1. The highest BCUT2D eigenvalue weighted by Crippen LogP contribution is 2.60. The Bertz CT molecular complexity index is 267. The summed E-state index contributed by atoms with van der Waals surface area (Å²) in [5.41, 5.74) is 0.0268. The maximum atomic E-state index is 11.5. The third kappa shape index (κ3) is 2.40. The molecule has 80 valence electrons. The van der Waals surface area contributed by atoms with Gasteiger partial charge in [-0.1, -0.05) is 19.9 Å². The van der Waals surface area contributed by atoms with Crippen molar-refractivity contribution in [3.8, 4) is 0 Å². The smallest absolute Gasteiger partial charge is 0.310 e. The Kier molecular flexibility index (Phi) is 3.81. The van der Waals surface area contributed by atoms with Crippen LogP contribution in [0.15, 0.2) is 9.47 Å². The molecule has 1 rings (SSSR count). The van der Waals surface area contributed by atoms with Gasteiger partial charge in [-0.25, -0.2) is 0 Å². The fraction of sp³-hybridized carbons (Fsp3) is 0.700. The van der Waals surface area contributed by atoms with Crippen molar-refractivity contribution in [3.63, 3.8) is 0 Å².